The van der Waals surface area contributed by atoms with Crippen molar-refractivity contribution >= 4 is 11.9 Å². The van der Waals surface area contributed by atoms with Gasteiger partial charge in [0.2, 0.25) is 0 Å². The van der Waals surface area contributed by atoms with Gasteiger partial charge in [0.1, 0.15) is 12.4 Å². The van der Waals surface area contributed by atoms with Gasteiger partial charge in [0.25, 0.3) is 0 Å². The third-order valence-corrected chi connectivity index (χ3v) is 8.02. The Kier molecular flexibility index (Phi) is 6.42. The predicted molar refractivity (Wildman–Crippen MR) is 138 cm³/mol. The SMILES string of the molecule is N#CCc1ccc(C(=O)C2CC3COCC(C2)N3C(=O)OCC2c3ccccc3-c3ccccc32)c(F)c1. The summed E-state index contributed by atoms with van der Waals surface area (Å²) in [6.45, 7) is 0.856. The van der Waals surface area contributed by atoms with Gasteiger partial charge in [0.15, 0.2) is 5.78 Å². The van der Waals surface area contributed by atoms with Gasteiger partial charge in [-0.1, -0.05) is 54.6 Å². The van der Waals surface area contributed by atoms with Gasteiger partial charge in [-0.25, -0.2) is 9.18 Å². The van der Waals surface area contributed by atoms with Gasteiger partial charge in [0, 0.05) is 11.8 Å². The molecule has 0 spiro atoms. The summed E-state index contributed by atoms with van der Waals surface area (Å²) in [5.74, 6) is -1.32. The van der Waals surface area contributed by atoms with E-state index in [1.807, 2.05) is 30.3 Å². The van der Waals surface area contributed by atoms with Crippen LogP contribution in [-0.2, 0) is 15.9 Å². The minimum Gasteiger partial charge on any atom is -0.448 e. The van der Waals surface area contributed by atoms with E-state index in [0.29, 0.717) is 31.6 Å². The van der Waals surface area contributed by atoms with E-state index in [4.69, 9.17) is 14.7 Å². The van der Waals surface area contributed by atoms with Gasteiger partial charge in [-0.3, -0.25) is 9.69 Å². The van der Waals surface area contributed by atoms with Crippen LogP contribution in [0.4, 0.5) is 9.18 Å². The zero-order valence-corrected chi connectivity index (χ0v) is 20.8. The van der Waals surface area contributed by atoms with Crippen LogP contribution in [0.5, 0.6) is 0 Å². The first kappa shape index (κ1) is 24.3. The molecule has 0 radical (unpaired) electrons. The maximum absolute atomic E-state index is 14.7. The number of piperidine rings is 1. The van der Waals surface area contributed by atoms with E-state index in [9.17, 15) is 14.0 Å². The molecular formula is C31H27FN2O4. The Hall–Kier alpha value is -4.02. The molecule has 3 aliphatic rings. The molecule has 2 aliphatic heterocycles. The highest BCUT2D eigenvalue weighted by Gasteiger charge is 2.45. The molecule has 2 atom stereocenters. The number of carbonyl (C=O) groups is 2. The van der Waals surface area contributed by atoms with E-state index in [1.165, 1.54) is 23.3 Å². The zero-order chi connectivity index (χ0) is 26.2. The molecule has 192 valence electrons. The molecule has 1 amide bonds. The van der Waals surface area contributed by atoms with E-state index >= 15 is 0 Å². The average Bonchev–Trinajstić information content (AvgIpc) is 3.24. The molecular weight excluding hydrogens is 483 g/mol. The van der Waals surface area contributed by atoms with Crippen molar-refractivity contribution in [2.75, 3.05) is 19.8 Å². The largest absolute Gasteiger partial charge is 0.448 e. The van der Waals surface area contributed by atoms with Crippen LogP contribution in [0.15, 0.2) is 66.7 Å². The molecule has 6 nitrogen and oxygen atoms in total. The molecule has 38 heavy (non-hydrogen) atoms. The molecule has 3 aromatic carbocycles. The summed E-state index contributed by atoms with van der Waals surface area (Å²) >= 11 is 0. The summed E-state index contributed by atoms with van der Waals surface area (Å²) in [4.78, 5) is 28.3. The molecule has 0 saturated carbocycles. The number of ketones is 1. The van der Waals surface area contributed by atoms with Gasteiger partial charge in [-0.15, -0.1) is 0 Å². The maximum Gasteiger partial charge on any atom is 0.410 e. The van der Waals surface area contributed by atoms with Crippen LogP contribution < -0.4 is 0 Å². The molecule has 6 rings (SSSR count). The number of benzene rings is 3. The number of rotatable bonds is 5. The second-order valence-corrected chi connectivity index (χ2v) is 10.2. The smallest absolute Gasteiger partial charge is 0.410 e. The van der Waals surface area contributed by atoms with Crippen LogP contribution >= 0.6 is 0 Å². The summed E-state index contributed by atoms with van der Waals surface area (Å²) in [7, 11) is 0. The quantitative estimate of drug-likeness (QED) is 0.424. The number of hydrogen-bond donors (Lipinski definition) is 0. The minimum atomic E-state index is -0.608. The Morgan fingerprint density at radius 2 is 1.61 bits per heavy atom. The number of carbonyl (C=O) groups excluding carboxylic acids is 2. The second kappa shape index (κ2) is 10.0. The normalized spacial score (nSPS) is 21.8. The highest BCUT2D eigenvalue weighted by Crippen LogP contribution is 2.44. The monoisotopic (exact) mass is 510 g/mol. The first-order valence-corrected chi connectivity index (χ1v) is 13.0. The van der Waals surface area contributed by atoms with Gasteiger partial charge < -0.3 is 9.47 Å². The van der Waals surface area contributed by atoms with Gasteiger partial charge in [0.05, 0.1) is 43.4 Å². The number of morpholine rings is 1. The molecule has 2 fully saturated rings. The molecule has 1 aliphatic carbocycles. The Morgan fingerprint density at radius 1 is 0.974 bits per heavy atom. The number of Topliss-reactive ketones (excluding diaryl/α,β-unsaturated/α-hetero) is 1. The molecule has 2 saturated heterocycles. The molecule has 2 heterocycles. The number of halogens is 1. The van der Waals surface area contributed by atoms with Crippen molar-refractivity contribution in [1.29, 1.82) is 5.26 Å². The van der Waals surface area contributed by atoms with Gasteiger partial charge >= 0.3 is 6.09 Å². The number of amides is 1. The van der Waals surface area contributed by atoms with Crippen molar-refractivity contribution in [3.05, 3.63) is 94.8 Å². The summed E-state index contributed by atoms with van der Waals surface area (Å²) in [6, 6.07) is 22.1. The van der Waals surface area contributed by atoms with Crippen molar-refractivity contribution in [3.63, 3.8) is 0 Å². The van der Waals surface area contributed by atoms with Crippen LogP contribution in [0.2, 0.25) is 0 Å². The fraction of sp³-hybridized carbons (Fsp3) is 0.323. The van der Waals surface area contributed by atoms with Gasteiger partial charge in [-0.2, -0.15) is 5.26 Å². The molecule has 7 heteroatoms. The number of ether oxygens (including phenoxy) is 2. The molecule has 3 aromatic rings. The summed E-state index contributed by atoms with van der Waals surface area (Å²) in [5, 5.41) is 8.85. The van der Waals surface area contributed by atoms with Crippen molar-refractivity contribution in [2.24, 2.45) is 5.92 Å². The van der Waals surface area contributed by atoms with Crippen molar-refractivity contribution in [3.8, 4) is 17.2 Å². The van der Waals surface area contributed by atoms with E-state index < -0.39 is 17.8 Å². The summed E-state index contributed by atoms with van der Waals surface area (Å²) in [6.07, 6.45) is 0.464. The van der Waals surface area contributed by atoms with Crippen molar-refractivity contribution in [2.45, 2.75) is 37.3 Å². The number of hydrogen-bond acceptors (Lipinski definition) is 5. The standard InChI is InChI=1S/C31H27FN2O4/c32-29-13-19(11-12-33)9-10-27(29)30(35)20-14-21-16-37-17-22(15-20)34(21)31(36)38-18-28-25-7-3-1-5-23(25)24-6-2-4-8-26(24)28/h1-10,13,20-22,28H,11,14-18H2. The third kappa shape index (κ3) is 4.25. The molecule has 2 unspecified atom stereocenters. The van der Waals surface area contributed by atoms with Crippen LogP contribution in [0, 0.1) is 23.1 Å². The Morgan fingerprint density at radius 3 is 2.21 bits per heavy atom. The summed E-state index contributed by atoms with van der Waals surface area (Å²) < 4.78 is 26.3. The Labute approximate surface area is 220 Å². The van der Waals surface area contributed by atoms with Crippen LogP contribution in [0.3, 0.4) is 0 Å². The van der Waals surface area contributed by atoms with Crippen LogP contribution in [0.1, 0.15) is 45.8 Å². The highest BCUT2D eigenvalue weighted by molar-refractivity contribution is 5.98. The maximum atomic E-state index is 14.7. The Bertz CT molecular complexity index is 1390. The van der Waals surface area contributed by atoms with Crippen molar-refractivity contribution in [1.82, 2.24) is 4.90 Å². The number of fused-ring (bicyclic) bond motifs is 5. The van der Waals surface area contributed by atoms with Crippen LogP contribution in [-0.4, -0.2) is 48.7 Å². The first-order chi connectivity index (χ1) is 18.5. The predicted octanol–water partition coefficient (Wildman–Crippen LogP) is 5.50. The van der Waals surface area contributed by atoms with Gasteiger partial charge in [-0.05, 0) is 52.8 Å². The lowest BCUT2D eigenvalue weighted by Crippen LogP contribution is -2.60. The fourth-order valence-electron chi connectivity index (χ4n) is 6.28. The number of nitriles is 1. The molecule has 0 N–H and O–H groups in total. The lowest BCUT2D eigenvalue weighted by atomic mass is 9.80. The lowest BCUT2D eigenvalue weighted by molar-refractivity contribution is -0.0748. The number of nitrogens with zero attached hydrogens (tertiary/aromatic N) is 2. The topological polar surface area (TPSA) is 79.6 Å². The zero-order valence-electron chi connectivity index (χ0n) is 20.8. The van der Waals surface area contributed by atoms with E-state index in [2.05, 4.69) is 24.3 Å². The Balaban J connectivity index is 1.15. The highest BCUT2D eigenvalue weighted by atomic mass is 19.1. The molecule has 2 bridgehead atoms. The summed E-state index contributed by atoms with van der Waals surface area (Å²) in [5.41, 5.74) is 5.21. The van der Waals surface area contributed by atoms with Crippen molar-refractivity contribution < 1.29 is 23.5 Å². The van der Waals surface area contributed by atoms with Crippen LogP contribution in [0.25, 0.3) is 11.1 Å². The fourth-order valence-corrected chi connectivity index (χ4v) is 6.28. The van der Waals surface area contributed by atoms with E-state index in [0.717, 1.165) is 11.1 Å². The second-order valence-electron chi connectivity index (χ2n) is 10.2. The molecule has 0 aromatic heterocycles. The first-order valence-electron chi connectivity index (χ1n) is 13.0. The third-order valence-electron chi connectivity index (χ3n) is 8.02. The van der Waals surface area contributed by atoms with E-state index in [1.54, 1.807) is 11.0 Å². The van der Waals surface area contributed by atoms with E-state index in [-0.39, 0.29) is 42.4 Å². The lowest BCUT2D eigenvalue weighted by Gasteiger charge is -2.47. The average molecular weight is 511 g/mol. The minimum absolute atomic E-state index is 0.0327.